The van der Waals surface area contributed by atoms with Crippen molar-refractivity contribution in [1.29, 1.82) is 0 Å². The summed E-state index contributed by atoms with van der Waals surface area (Å²) in [6.45, 7) is 7.04. The summed E-state index contributed by atoms with van der Waals surface area (Å²) in [6.07, 6.45) is 1.44. The fourth-order valence-corrected chi connectivity index (χ4v) is 2.87. The van der Waals surface area contributed by atoms with Gasteiger partial charge in [-0.25, -0.2) is 9.97 Å². The number of methoxy groups -OCH3 is 1. The van der Waals surface area contributed by atoms with Crippen molar-refractivity contribution in [3.05, 3.63) is 42.4 Å². The smallest absolute Gasteiger partial charge is 0.274 e. The van der Waals surface area contributed by atoms with Gasteiger partial charge in [-0.3, -0.25) is 4.79 Å². The molecule has 0 aliphatic carbocycles. The summed E-state index contributed by atoms with van der Waals surface area (Å²) >= 11 is 0. The van der Waals surface area contributed by atoms with E-state index in [0.29, 0.717) is 17.1 Å². The van der Waals surface area contributed by atoms with Gasteiger partial charge in [-0.2, -0.15) is 0 Å². The van der Waals surface area contributed by atoms with Gasteiger partial charge in [-0.1, -0.05) is 19.1 Å². The number of rotatable bonds is 5. The summed E-state index contributed by atoms with van der Waals surface area (Å²) in [7, 11) is 1.57. The average Bonchev–Trinajstić information content (AvgIpc) is 2.68. The largest absolute Gasteiger partial charge is 0.495 e. The van der Waals surface area contributed by atoms with Crippen molar-refractivity contribution in [2.75, 3.05) is 50.1 Å². The number of amides is 1. The molecule has 1 saturated heterocycles. The highest BCUT2D eigenvalue weighted by molar-refractivity contribution is 6.04. The number of hydrogen-bond donors (Lipinski definition) is 1. The maximum atomic E-state index is 12.5. The van der Waals surface area contributed by atoms with E-state index in [1.165, 1.54) is 6.33 Å². The van der Waals surface area contributed by atoms with Crippen LogP contribution >= 0.6 is 0 Å². The van der Waals surface area contributed by atoms with Crippen LogP contribution in [0.1, 0.15) is 17.4 Å². The Morgan fingerprint density at radius 2 is 1.96 bits per heavy atom. The number of nitrogens with one attached hydrogen (secondary N) is 1. The molecule has 3 rings (SSSR count). The lowest BCUT2D eigenvalue weighted by Crippen LogP contribution is -2.46. The third kappa shape index (κ3) is 4.06. The molecule has 1 aliphatic heterocycles. The number of anilines is 2. The number of likely N-dealkylation sites (N-methyl/N-ethyl adjacent to an activating group) is 1. The third-order valence-corrected chi connectivity index (χ3v) is 4.38. The number of ether oxygens (including phenoxy) is 1. The highest BCUT2D eigenvalue weighted by Crippen LogP contribution is 2.23. The molecule has 2 heterocycles. The number of aromatic nitrogens is 2. The van der Waals surface area contributed by atoms with E-state index in [9.17, 15) is 4.79 Å². The zero-order valence-electron chi connectivity index (χ0n) is 14.6. The Hall–Kier alpha value is -2.67. The standard InChI is InChI=1S/C18H23N5O2/c1-3-22-8-10-23(11-9-22)17-12-15(19-13-20-17)18(24)21-14-6-4-5-7-16(14)25-2/h4-7,12-13H,3,8-11H2,1-2H3,(H,21,24). The maximum absolute atomic E-state index is 12.5. The van der Waals surface area contributed by atoms with Gasteiger partial charge < -0.3 is 19.9 Å². The van der Waals surface area contributed by atoms with E-state index in [2.05, 4.69) is 32.0 Å². The minimum absolute atomic E-state index is 0.277. The van der Waals surface area contributed by atoms with Gasteiger partial charge >= 0.3 is 0 Å². The van der Waals surface area contributed by atoms with Crippen molar-refractivity contribution in [3.8, 4) is 5.75 Å². The summed E-state index contributed by atoms with van der Waals surface area (Å²) in [5.41, 5.74) is 0.959. The second kappa shape index (κ2) is 7.94. The van der Waals surface area contributed by atoms with Crippen LogP contribution in [0, 0.1) is 0 Å². The lowest BCUT2D eigenvalue weighted by molar-refractivity contribution is 0.102. The van der Waals surface area contributed by atoms with Crippen LogP contribution in [-0.2, 0) is 0 Å². The molecular weight excluding hydrogens is 318 g/mol. The maximum Gasteiger partial charge on any atom is 0.274 e. The molecule has 0 bridgehead atoms. The molecule has 0 radical (unpaired) electrons. The molecule has 0 unspecified atom stereocenters. The molecule has 7 heteroatoms. The average molecular weight is 341 g/mol. The molecule has 0 atom stereocenters. The normalized spacial score (nSPS) is 15.0. The van der Waals surface area contributed by atoms with Crippen molar-refractivity contribution in [3.63, 3.8) is 0 Å². The first-order valence-corrected chi connectivity index (χ1v) is 8.45. The van der Waals surface area contributed by atoms with E-state index < -0.39 is 0 Å². The van der Waals surface area contributed by atoms with Crippen molar-refractivity contribution in [2.45, 2.75) is 6.92 Å². The Kier molecular flexibility index (Phi) is 5.45. The van der Waals surface area contributed by atoms with Crippen LogP contribution in [0.5, 0.6) is 5.75 Å². The number of carbonyl (C=O) groups is 1. The van der Waals surface area contributed by atoms with Gasteiger partial charge in [0.2, 0.25) is 0 Å². The fraction of sp³-hybridized carbons (Fsp3) is 0.389. The van der Waals surface area contributed by atoms with Gasteiger partial charge in [0, 0.05) is 32.2 Å². The molecular formula is C18H23N5O2. The molecule has 7 nitrogen and oxygen atoms in total. The zero-order chi connectivity index (χ0) is 17.6. The fourth-order valence-electron chi connectivity index (χ4n) is 2.87. The quantitative estimate of drug-likeness (QED) is 0.895. The SMILES string of the molecule is CCN1CCN(c2cc(C(=O)Nc3ccccc3OC)ncn2)CC1. The Morgan fingerprint density at radius 3 is 2.68 bits per heavy atom. The first kappa shape index (κ1) is 17.2. The molecule has 0 spiro atoms. The van der Waals surface area contributed by atoms with Crippen LogP contribution in [0.15, 0.2) is 36.7 Å². The lowest BCUT2D eigenvalue weighted by atomic mass is 10.2. The number of benzene rings is 1. The monoisotopic (exact) mass is 341 g/mol. The van der Waals surface area contributed by atoms with Crippen molar-refractivity contribution in [2.24, 2.45) is 0 Å². The van der Waals surface area contributed by atoms with E-state index in [1.54, 1.807) is 25.3 Å². The summed E-state index contributed by atoms with van der Waals surface area (Å²) in [4.78, 5) is 25.6. The Morgan fingerprint density at radius 1 is 1.20 bits per heavy atom. The van der Waals surface area contributed by atoms with Crippen LogP contribution in [0.4, 0.5) is 11.5 Å². The summed E-state index contributed by atoms with van der Waals surface area (Å²) in [6, 6.07) is 9.04. The van der Waals surface area contributed by atoms with E-state index >= 15 is 0 Å². The molecule has 25 heavy (non-hydrogen) atoms. The summed E-state index contributed by atoms with van der Waals surface area (Å²) < 4.78 is 5.26. The van der Waals surface area contributed by atoms with Gasteiger partial charge in [0.1, 0.15) is 23.6 Å². The molecule has 2 aromatic rings. The van der Waals surface area contributed by atoms with Crippen molar-refractivity contribution in [1.82, 2.24) is 14.9 Å². The van der Waals surface area contributed by atoms with E-state index in [-0.39, 0.29) is 5.91 Å². The predicted octanol–water partition coefficient (Wildman–Crippen LogP) is 1.88. The number of para-hydroxylation sites is 2. The molecule has 132 valence electrons. The Balaban J connectivity index is 1.72. The van der Waals surface area contributed by atoms with Crippen LogP contribution in [-0.4, -0.2) is 60.6 Å². The Bertz CT molecular complexity index is 729. The molecule has 1 fully saturated rings. The zero-order valence-corrected chi connectivity index (χ0v) is 14.6. The summed E-state index contributed by atoms with van der Waals surface area (Å²) in [5.74, 6) is 1.12. The van der Waals surface area contributed by atoms with E-state index in [4.69, 9.17) is 4.74 Å². The third-order valence-electron chi connectivity index (χ3n) is 4.38. The minimum Gasteiger partial charge on any atom is -0.495 e. The van der Waals surface area contributed by atoms with Gasteiger partial charge in [0.25, 0.3) is 5.91 Å². The predicted molar refractivity (Wildman–Crippen MR) is 97.3 cm³/mol. The van der Waals surface area contributed by atoms with E-state index in [0.717, 1.165) is 38.5 Å². The molecule has 0 saturated carbocycles. The second-order valence-electron chi connectivity index (χ2n) is 5.84. The molecule has 1 N–H and O–H groups in total. The number of nitrogens with zero attached hydrogens (tertiary/aromatic N) is 4. The van der Waals surface area contributed by atoms with Gasteiger partial charge in [0.15, 0.2) is 0 Å². The van der Waals surface area contributed by atoms with Crippen LogP contribution in [0.3, 0.4) is 0 Å². The van der Waals surface area contributed by atoms with Crippen LogP contribution < -0.4 is 15.0 Å². The van der Waals surface area contributed by atoms with Gasteiger partial charge in [-0.15, -0.1) is 0 Å². The van der Waals surface area contributed by atoms with Gasteiger partial charge in [0.05, 0.1) is 12.8 Å². The molecule has 1 aromatic heterocycles. The summed E-state index contributed by atoms with van der Waals surface area (Å²) in [5, 5.41) is 2.84. The number of hydrogen-bond acceptors (Lipinski definition) is 6. The second-order valence-corrected chi connectivity index (χ2v) is 5.84. The topological polar surface area (TPSA) is 70.6 Å². The molecule has 1 aromatic carbocycles. The van der Waals surface area contributed by atoms with Crippen LogP contribution in [0.25, 0.3) is 0 Å². The highest BCUT2D eigenvalue weighted by atomic mass is 16.5. The highest BCUT2D eigenvalue weighted by Gasteiger charge is 2.19. The number of carbonyl (C=O) groups excluding carboxylic acids is 1. The first-order valence-electron chi connectivity index (χ1n) is 8.45. The lowest BCUT2D eigenvalue weighted by Gasteiger charge is -2.34. The van der Waals surface area contributed by atoms with Crippen molar-refractivity contribution >= 4 is 17.4 Å². The Labute approximate surface area is 147 Å². The minimum atomic E-state index is -0.277. The van der Waals surface area contributed by atoms with Gasteiger partial charge in [-0.05, 0) is 18.7 Å². The van der Waals surface area contributed by atoms with Crippen LogP contribution in [0.2, 0.25) is 0 Å². The molecule has 1 amide bonds. The molecule has 1 aliphatic rings. The van der Waals surface area contributed by atoms with Crippen molar-refractivity contribution < 1.29 is 9.53 Å². The first-order chi connectivity index (χ1) is 12.2. The number of piperazine rings is 1. The van der Waals surface area contributed by atoms with E-state index in [1.807, 2.05) is 12.1 Å².